The van der Waals surface area contributed by atoms with Crippen molar-refractivity contribution in [2.75, 3.05) is 14.2 Å². The first-order valence-corrected chi connectivity index (χ1v) is 8.21. The van der Waals surface area contributed by atoms with E-state index in [1.807, 2.05) is 0 Å². The van der Waals surface area contributed by atoms with E-state index in [0.29, 0.717) is 32.8 Å². The zero-order valence-electron chi connectivity index (χ0n) is 13.5. The Balaban J connectivity index is 1.99. The number of halogens is 2. The van der Waals surface area contributed by atoms with Gasteiger partial charge in [-0.1, -0.05) is 29.3 Å². The van der Waals surface area contributed by atoms with Crippen molar-refractivity contribution in [2.24, 2.45) is 4.99 Å². The molecule has 7 heteroatoms. The molecule has 0 saturated carbocycles. The number of methoxy groups -OCH3 is 2. The van der Waals surface area contributed by atoms with E-state index in [2.05, 4.69) is 4.99 Å². The highest BCUT2D eigenvalue weighted by atomic mass is 35.5. The Labute approximate surface area is 155 Å². The predicted molar refractivity (Wildman–Crippen MR) is 95.6 cm³/mol. The lowest BCUT2D eigenvalue weighted by atomic mass is 10.0. The molecule has 0 amide bonds. The van der Waals surface area contributed by atoms with E-state index in [0.717, 1.165) is 0 Å². The average Bonchev–Trinajstić information content (AvgIpc) is 3.06. The second-order valence-electron chi connectivity index (χ2n) is 5.30. The second kappa shape index (κ2) is 7.33. The maximum atomic E-state index is 12.2. The summed E-state index contributed by atoms with van der Waals surface area (Å²) in [4.78, 5) is 16.6. The Morgan fingerprint density at radius 1 is 1.08 bits per heavy atom. The molecule has 0 bridgehead atoms. The molecule has 1 aliphatic rings. The first-order valence-electron chi connectivity index (χ1n) is 7.45. The monoisotopic (exact) mass is 379 g/mol. The third kappa shape index (κ3) is 3.43. The molecular weight excluding hydrogens is 365 g/mol. The van der Waals surface area contributed by atoms with Gasteiger partial charge in [-0.3, -0.25) is 0 Å². The number of ether oxygens (including phenoxy) is 3. The molecule has 1 aliphatic heterocycles. The molecule has 25 heavy (non-hydrogen) atoms. The van der Waals surface area contributed by atoms with Gasteiger partial charge in [0.2, 0.25) is 5.90 Å². The lowest BCUT2D eigenvalue weighted by Gasteiger charge is -2.19. The van der Waals surface area contributed by atoms with Crippen LogP contribution in [-0.4, -0.2) is 32.1 Å². The Morgan fingerprint density at radius 2 is 1.72 bits per heavy atom. The van der Waals surface area contributed by atoms with E-state index >= 15 is 0 Å². The minimum absolute atomic E-state index is 0.319. The first-order chi connectivity index (χ1) is 12.0. The lowest BCUT2D eigenvalue weighted by molar-refractivity contribution is -0.143. The van der Waals surface area contributed by atoms with E-state index in [1.54, 1.807) is 49.6 Å². The molecule has 5 nitrogen and oxygen atoms in total. The third-order valence-corrected chi connectivity index (χ3v) is 4.50. The van der Waals surface area contributed by atoms with Crippen LogP contribution >= 0.6 is 23.2 Å². The molecule has 0 radical (unpaired) electrons. The van der Waals surface area contributed by atoms with Crippen LogP contribution in [0, 0.1) is 0 Å². The summed E-state index contributed by atoms with van der Waals surface area (Å²) in [6.45, 7) is 0. The number of hydrogen-bond donors (Lipinski definition) is 0. The summed E-state index contributed by atoms with van der Waals surface area (Å²) in [5.74, 6) is 0.501. The zero-order valence-corrected chi connectivity index (χ0v) is 15.0. The van der Waals surface area contributed by atoms with Gasteiger partial charge in [0.05, 0.1) is 14.2 Å². The molecule has 0 N–H and O–H groups in total. The minimum Gasteiger partial charge on any atom is -0.497 e. The SMILES string of the molecule is COC(=O)[C@H]1N=C(c2ccc(OC)cc2)O[C@@H]1c1c(Cl)cccc1Cl. The molecule has 0 saturated heterocycles. The topological polar surface area (TPSA) is 57.1 Å². The summed E-state index contributed by atoms with van der Waals surface area (Å²) in [7, 11) is 2.88. The smallest absolute Gasteiger partial charge is 0.335 e. The number of nitrogens with zero attached hydrogens (tertiary/aromatic N) is 1. The molecular formula is C18H15Cl2NO4. The highest BCUT2D eigenvalue weighted by molar-refractivity contribution is 6.36. The number of carbonyl (C=O) groups excluding carboxylic acids is 1. The molecule has 2 aromatic rings. The minimum atomic E-state index is -0.889. The lowest BCUT2D eigenvalue weighted by Crippen LogP contribution is -2.25. The Morgan fingerprint density at radius 3 is 2.28 bits per heavy atom. The number of hydrogen-bond acceptors (Lipinski definition) is 5. The highest BCUT2D eigenvalue weighted by Crippen LogP contribution is 2.39. The average molecular weight is 380 g/mol. The van der Waals surface area contributed by atoms with Crippen molar-refractivity contribution in [2.45, 2.75) is 12.1 Å². The molecule has 2 aromatic carbocycles. The molecule has 0 spiro atoms. The van der Waals surface area contributed by atoms with E-state index in [-0.39, 0.29) is 0 Å². The quantitative estimate of drug-likeness (QED) is 0.751. The molecule has 0 fully saturated rings. The Kier molecular flexibility index (Phi) is 5.16. The number of benzene rings is 2. The van der Waals surface area contributed by atoms with Crippen LogP contribution in [0.4, 0.5) is 0 Å². The van der Waals surface area contributed by atoms with Crippen molar-refractivity contribution in [3.05, 3.63) is 63.6 Å². The predicted octanol–water partition coefficient (Wildman–Crippen LogP) is 4.06. The van der Waals surface area contributed by atoms with Gasteiger partial charge in [0.25, 0.3) is 0 Å². The third-order valence-electron chi connectivity index (χ3n) is 3.85. The van der Waals surface area contributed by atoms with Crippen LogP contribution in [0.2, 0.25) is 10.0 Å². The fraction of sp³-hybridized carbons (Fsp3) is 0.222. The van der Waals surface area contributed by atoms with Crippen LogP contribution in [0.25, 0.3) is 0 Å². The van der Waals surface area contributed by atoms with Gasteiger partial charge in [-0.05, 0) is 36.4 Å². The van der Waals surface area contributed by atoms with Gasteiger partial charge in [0.15, 0.2) is 12.1 Å². The number of rotatable bonds is 4. The molecule has 0 aliphatic carbocycles. The maximum absolute atomic E-state index is 12.2. The largest absolute Gasteiger partial charge is 0.497 e. The van der Waals surface area contributed by atoms with Crippen LogP contribution in [0.5, 0.6) is 5.75 Å². The van der Waals surface area contributed by atoms with E-state index in [9.17, 15) is 4.79 Å². The second-order valence-corrected chi connectivity index (χ2v) is 6.12. The van der Waals surface area contributed by atoms with E-state index in [4.69, 9.17) is 37.4 Å². The normalized spacial score (nSPS) is 19.1. The molecule has 2 atom stereocenters. The first kappa shape index (κ1) is 17.6. The van der Waals surface area contributed by atoms with Gasteiger partial charge in [-0.15, -0.1) is 0 Å². The van der Waals surface area contributed by atoms with E-state index < -0.39 is 18.1 Å². The van der Waals surface area contributed by atoms with Crippen molar-refractivity contribution in [3.8, 4) is 5.75 Å². The van der Waals surface area contributed by atoms with Crippen LogP contribution in [0.15, 0.2) is 47.5 Å². The standard InChI is InChI=1S/C18H15Cl2NO4/c1-23-11-8-6-10(7-9-11)17-21-15(18(22)24-2)16(25-17)14-12(19)4-3-5-13(14)20/h3-9,15-16H,1-2H3/t15-,16+/m0/s1. The van der Waals surface area contributed by atoms with Crippen molar-refractivity contribution in [1.29, 1.82) is 0 Å². The fourth-order valence-corrected chi connectivity index (χ4v) is 3.19. The van der Waals surface area contributed by atoms with Gasteiger partial charge in [0.1, 0.15) is 5.75 Å². The van der Waals surface area contributed by atoms with Crippen LogP contribution < -0.4 is 4.74 Å². The molecule has 130 valence electrons. The van der Waals surface area contributed by atoms with Crippen LogP contribution in [0.3, 0.4) is 0 Å². The summed E-state index contributed by atoms with van der Waals surface area (Å²) in [6.07, 6.45) is -0.759. The van der Waals surface area contributed by atoms with Gasteiger partial charge >= 0.3 is 5.97 Å². The van der Waals surface area contributed by atoms with Crippen molar-refractivity contribution < 1.29 is 19.0 Å². The fourth-order valence-electron chi connectivity index (χ4n) is 2.58. The summed E-state index contributed by atoms with van der Waals surface area (Å²) in [5.41, 5.74) is 1.22. The summed E-state index contributed by atoms with van der Waals surface area (Å²) < 4.78 is 15.9. The van der Waals surface area contributed by atoms with Gasteiger partial charge < -0.3 is 14.2 Å². The van der Waals surface area contributed by atoms with Gasteiger partial charge in [-0.2, -0.15) is 0 Å². The zero-order chi connectivity index (χ0) is 18.0. The van der Waals surface area contributed by atoms with Gasteiger partial charge in [-0.25, -0.2) is 9.79 Å². The summed E-state index contributed by atoms with van der Waals surface area (Å²) in [5, 5.41) is 0.801. The molecule has 1 heterocycles. The number of carbonyl (C=O) groups is 1. The summed E-state index contributed by atoms with van der Waals surface area (Å²) in [6, 6.07) is 11.4. The number of esters is 1. The summed E-state index contributed by atoms with van der Waals surface area (Å²) >= 11 is 12.5. The van der Waals surface area contributed by atoms with E-state index in [1.165, 1.54) is 7.11 Å². The van der Waals surface area contributed by atoms with Crippen molar-refractivity contribution in [1.82, 2.24) is 0 Å². The Hall–Kier alpha value is -2.24. The van der Waals surface area contributed by atoms with Crippen LogP contribution in [-0.2, 0) is 14.3 Å². The molecule has 3 rings (SSSR count). The molecule has 0 unspecified atom stereocenters. The number of aliphatic imine (C=N–C) groups is 1. The van der Waals surface area contributed by atoms with Crippen molar-refractivity contribution >= 4 is 35.1 Å². The van der Waals surface area contributed by atoms with Crippen molar-refractivity contribution in [3.63, 3.8) is 0 Å². The van der Waals surface area contributed by atoms with Gasteiger partial charge in [0, 0.05) is 21.2 Å². The molecule has 0 aromatic heterocycles. The highest BCUT2D eigenvalue weighted by Gasteiger charge is 2.41. The van der Waals surface area contributed by atoms with Crippen LogP contribution in [0.1, 0.15) is 17.2 Å². The Bertz CT molecular complexity index is 800. The maximum Gasteiger partial charge on any atom is 0.335 e.